The number of esters is 1. The van der Waals surface area contributed by atoms with Crippen LogP contribution in [-0.2, 0) is 16.1 Å². The van der Waals surface area contributed by atoms with Crippen molar-refractivity contribution < 1.29 is 14.1 Å². The van der Waals surface area contributed by atoms with Crippen LogP contribution < -0.4 is 4.57 Å². The quantitative estimate of drug-likeness (QED) is 0.565. The topological polar surface area (TPSA) is 30.2 Å². The lowest BCUT2D eigenvalue weighted by atomic mass is 10.4. The fourth-order valence-electron chi connectivity index (χ4n) is 0.994. The molecule has 0 bridgehead atoms. The smallest absolute Gasteiger partial charge is 0.372 e. The van der Waals surface area contributed by atoms with Crippen LogP contribution in [0.15, 0.2) is 24.5 Å². The van der Waals surface area contributed by atoms with E-state index in [1.165, 1.54) is 0 Å². The molecule has 0 spiro atoms. The molecule has 0 saturated heterocycles. The number of nitrogens with zero attached hydrogens (tertiary/aromatic N) is 1. The first kappa shape index (κ1) is 11.0. The predicted octanol–water partition coefficient (Wildman–Crippen LogP) is 1.58. The van der Waals surface area contributed by atoms with Crippen molar-refractivity contribution in [1.82, 2.24) is 0 Å². The Bertz CT molecular complexity index is 308. The summed E-state index contributed by atoms with van der Waals surface area (Å²) in [7, 11) is 0. The maximum absolute atomic E-state index is 11.2. The Balaban J connectivity index is 2.52. The third-order valence-corrected chi connectivity index (χ3v) is 1.78. The summed E-state index contributed by atoms with van der Waals surface area (Å²) in [5.74, 6) is -0.243. The van der Waals surface area contributed by atoms with Crippen LogP contribution in [0.2, 0.25) is 5.02 Å². The number of halogens is 1. The second-order valence-electron chi connectivity index (χ2n) is 3.23. The number of rotatable bonds is 3. The Morgan fingerprint density at radius 3 is 2.57 bits per heavy atom. The minimum atomic E-state index is -0.243. The average molecular weight is 215 g/mol. The van der Waals surface area contributed by atoms with Gasteiger partial charge in [-0.15, -0.1) is 0 Å². The molecule has 0 atom stereocenters. The monoisotopic (exact) mass is 214 g/mol. The van der Waals surface area contributed by atoms with E-state index in [9.17, 15) is 4.79 Å². The zero-order chi connectivity index (χ0) is 10.6. The number of carbonyl (C=O) groups excluding carboxylic acids is 1. The normalized spacial score (nSPS) is 10.3. The molecule has 0 radical (unpaired) electrons. The summed E-state index contributed by atoms with van der Waals surface area (Å²) >= 11 is 5.70. The van der Waals surface area contributed by atoms with E-state index >= 15 is 0 Å². The Morgan fingerprint density at radius 2 is 2.07 bits per heavy atom. The summed E-state index contributed by atoms with van der Waals surface area (Å²) < 4.78 is 6.71. The fourth-order valence-corrected chi connectivity index (χ4v) is 1.11. The summed E-state index contributed by atoms with van der Waals surface area (Å²) in [4.78, 5) is 11.2. The van der Waals surface area contributed by atoms with Crippen molar-refractivity contribution in [3.8, 4) is 0 Å². The Labute approximate surface area is 88.3 Å². The first-order valence-corrected chi connectivity index (χ1v) is 4.80. The first-order valence-electron chi connectivity index (χ1n) is 4.42. The van der Waals surface area contributed by atoms with E-state index in [1.807, 2.05) is 13.8 Å². The second-order valence-corrected chi connectivity index (χ2v) is 3.66. The van der Waals surface area contributed by atoms with Gasteiger partial charge in [0.1, 0.15) is 0 Å². The maximum atomic E-state index is 11.2. The van der Waals surface area contributed by atoms with Crippen LogP contribution in [0.3, 0.4) is 0 Å². The number of ether oxygens (including phenoxy) is 1. The molecule has 1 aromatic heterocycles. The highest BCUT2D eigenvalue weighted by Gasteiger charge is 2.11. The van der Waals surface area contributed by atoms with Crippen molar-refractivity contribution in [2.75, 3.05) is 0 Å². The minimum absolute atomic E-state index is 0.0737. The van der Waals surface area contributed by atoms with Crippen molar-refractivity contribution in [1.29, 1.82) is 0 Å². The number of aromatic nitrogens is 1. The standard InChI is InChI=1S/C10H13ClNO2/c1-8(2)14-10(13)7-12-5-3-9(11)4-6-12/h3-6,8H,7H2,1-2H3/q+1. The van der Waals surface area contributed by atoms with Gasteiger partial charge >= 0.3 is 5.97 Å². The molecule has 0 amide bonds. The third kappa shape index (κ3) is 3.75. The van der Waals surface area contributed by atoms with Crippen molar-refractivity contribution in [2.24, 2.45) is 0 Å². The molecule has 4 heteroatoms. The Hall–Kier alpha value is -1.09. The molecule has 0 unspecified atom stereocenters. The second kappa shape index (κ2) is 4.96. The first-order chi connectivity index (χ1) is 6.58. The van der Waals surface area contributed by atoms with Gasteiger partial charge in [-0.25, -0.2) is 4.79 Å². The van der Waals surface area contributed by atoms with E-state index in [2.05, 4.69) is 0 Å². The van der Waals surface area contributed by atoms with E-state index in [-0.39, 0.29) is 18.6 Å². The molecule has 3 nitrogen and oxygen atoms in total. The van der Waals surface area contributed by atoms with Crippen molar-refractivity contribution >= 4 is 17.6 Å². The molecular weight excluding hydrogens is 202 g/mol. The Morgan fingerprint density at radius 1 is 1.50 bits per heavy atom. The van der Waals surface area contributed by atoms with Crippen LogP contribution >= 0.6 is 11.6 Å². The third-order valence-electron chi connectivity index (χ3n) is 1.53. The molecule has 0 aliphatic rings. The summed E-state index contributed by atoms with van der Waals surface area (Å²) in [6, 6.07) is 3.45. The highest BCUT2D eigenvalue weighted by Crippen LogP contribution is 2.01. The van der Waals surface area contributed by atoms with Gasteiger partial charge in [0.05, 0.1) is 11.1 Å². The van der Waals surface area contributed by atoms with Gasteiger partial charge in [-0.3, -0.25) is 0 Å². The summed E-state index contributed by atoms with van der Waals surface area (Å²) in [5, 5.41) is 0.651. The van der Waals surface area contributed by atoms with Gasteiger partial charge < -0.3 is 4.74 Å². The largest absolute Gasteiger partial charge is 0.458 e. The zero-order valence-electron chi connectivity index (χ0n) is 8.24. The maximum Gasteiger partial charge on any atom is 0.372 e. The van der Waals surface area contributed by atoms with Gasteiger partial charge in [0.2, 0.25) is 6.54 Å². The van der Waals surface area contributed by atoms with Crippen LogP contribution in [0.4, 0.5) is 0 Å². The number of carbonyl (C=O) groups is 1. The van der Waals surface area contributed by atoms with Crippen LogP contribution in [0, 0.1) is 0 Å². The van der Waals surface area contributed by atoms with Gasteiger partial charge in [0.25, 0.3) is 0 Å². The molecule has 0 aromatic carbocycles. The van der Waals surface area contributed by atoms with E-state index in [0.717, 1.165) is 0 Å². The molecule has 0 fully saturated rings. The lowest BCUT2D eigenvalue weighted by molar-refractivity contribution is -0.686. The summed E-state index contributed by atoms with van der Waals surface area (Å²) in [6.07, 6.45) is 3.41. The highest BCUT2D eigenvalue weighted by molar-refractivity contribution is 6.30. The van der Waals surface area contributed by atoms with Crippen LogP contribution in [0.1, 0.15) is 13.8 Å². The van der Waals surface area contributed by atoms with Crippen molar-refractivity contribution in [2.45, 2.75) is 26.5 Å². The molecule has 1 aromatic rings. The van der Waals surface area contributed by atoms with Gasteiger partial charge in [-0.05, 0) is 13.8 Å². The van der Waals surface area contributed by atoms with Crippen molar-refractivity contribution in [3.63, 3.8) is 0 Å². The van der Waals surface area contributed by atoms with E-state index in [4.69, 9.17) is 16.3 Å². The number of hydrogen-bond donors (Lipinski definition) is 0. The van der Waals surface area contributed by atoms with Gasteiger partial charge in [0, 0.05) is 12.1 Å². The Kier molecular flexibility index (Phi) is 3.89. The number of hydrogen-bond acceptors (Lipinski definition) is 2. The predicted molar refractivity (Wildman–Crippen MR) is 52.9 cm³/mol. The van der Waals surface area contributed by atoms with E-state index in [0.29, 0.717) is 5.02 Å². The zero-order valence-corrected chi connectivity index (χ0v) is 8.99. The van der Waals surface area contributed by atoms with Gasteiger partial charge in [-0.2, -0.15) is 4.57 Å². The van der Waals surface area contributed by atoms with Gasteiger partial charge in [0.15, 0.2) is 12.4 Å². The molecule has 0 aliphatic carbocycles. The molecule has 0 aliphatic heterocycles. The molecule has 1 heterocycles. The SMILES string of the molecule is CC(C)OC(=O)C[n+]1ccc(Cl)cc1. The summed E-state index contributed by atoms with van der Waals surface area (Å²) in [6.45, 7) is 3.87. The molecule has 0 N–H and O–H groups in total. The minimum Gasteiger partial charge on any atom is -0.458 e. The van der Waals surface area contributed by atoms with Crippen molar-refractivity contribution in [3.05, 3.63) is 29.5 Å². The van der Waals surface area contributed by atoms with Crippen LogP contribution in [0.5, 0.6) is 0 Å². The average Bonchev–Trinajstić information content (AvgIpc) is 2.07. The van der Waals surface area contributed by atoms with E-state index in [1.54, 1.807) is 29.1 Å². The fraction of sp³-hybridized carbons (Fsp3) is 0.400. The molecule has 76 valence electrons. The van der Waals surface area contributed by atoms with Crippen LogP contribution in [0.25, 0.3) is 0 Å². The van der Waals surface area contributed by atoms with Gasteiger partial charge in [-0.1, -0.05) is 11.6 Å². The molecule has 0 saturated carbocycles. The lowest BCUT2D eigenvalue weighted by Gasteiger charge is -2.04. The highest BCUT2D eigenvalue weighted by atomic mass is 35.5. The molecular formula is C10H13ClNO2+. The van der Waals surface area contributed by atoms with E-state index < -0.39 is 0 Å². The lowest BCUT2D eigenvalue weighted by Crippen LogP contribution is -2.38. The molecule has 1 rings (SSSR count). The number of pyridine rings is 1. The van der Waals surface area contributed by atoms with Crippen LogP contribution in [-0.4, -0.2) is 12.1 Å². The molecule has 14 heavy (non-hydrogen) atoms. The summed E-state index contributed by atoms with van der Waals surface area (Å²) in [5.41, 5.74) is 0.